The summed E-state index contributed by atoms with van der Waals surface area (Å²) in [5, 5.41) is 2.78. The number of methoxy groups -OCH3 is 1. The normalized spacial score (nSPS) is 15.0. The van der Waals surface area contributed by atoms with Crippen molar-refractivity contribution >= 4 is 11.6 Å². The van der Waals surface area contributed by atoms with Crippen molar-refractivity contribution < 1.29 is 18.8 Å². The lowest BCUT2D eigenvalue weighted by molar-refractivity contribution is -0.916. The van der Waals surface area contributed by atoms with Crippen molar-refractivity contribution in [3.05, 3.63) is 53.1 Å². The van der Waals surface area contributed by atoms with E-state index >= 15 is 0 Å². The fourth-order valence-electron chi connectivity index (χ4n) is 4.56. The standard InChI is InChI=1S/C26H36N2O3/c1-20-9-10-23(18-21(20)2)8-7-15-28(13-5-6-14-28)16-17-31-25-12-11-24(27-22(3)29)19-26(25)30-4/h9-12,18-19H,5-8,13-17H2,1-4H3/p+1. The highest BCUT2D eigenvalue weighted by atomic mass is 16.5. The number of nitrogens with one attached hydrogen (secondary N) is 1. The van der Waals surface area contributed by atoms with E-state index in [-0.39, 0.29) is 5.91 Å². The number of anilines is 1. The van der Waals surface area contributed by atoms with E-state index < -0.39 is 0 Å². The summed E-state index contributed by atoms with van der Waals surface area (Å²) in [6.07, 6.45) is 4.95. The summed E-state index contributed by atoms with van der Waals surface area (Å²) >= 11 is 0. The highest BCUT2D eigenvalue weighted by Gasteiger charge is 2.31. The number of aryl methyl sites for hydroxylation is 3. The van der Waals surface area contributed by atoms with Crippen LogP contribution in [0.4, 0.5) is 5.69 Å². The van der Waals surface area contributed by atoms with Crippen LogP contribution in [0.5, 0.6) is 11.5 Å². The van der Waals surface area contributed by atoms with Gasteiger partial charge in [0.05, 0.1) is 26.7 Å². The lowest BCUT2D eigenvalue weighted by Gasteiger charge is -2.34. The molecule has 1 saturated heterocycles. The van der Waals surface area contributed by atoms with Gasteiger partial charge in [0.1, 0.15) is 13.2 Å². The quantitative estimate of drug-likeness (QED) is 0.551. The maximum Gasteiger partial charge on any atom is 0.221 e. The van der Waals surface area contributed by atoms with Gasteiger partial charge in [-0.25, -0.2) is 0 Å². The molecule has 5 nitrogen and oxygen atoms in total. The number of ether oxygens (including phenoxy) is 2. The minimum Gasteiger partial charge on any atom is -0.493 e. The Morgan fingerprint density at radius 3 is 2.45 bits per heavy atom. The molecular formula is C26H37N2O3+. The van der Waals surface area contributed by atoms with E-state index in [2.05, 4.69) is 37.4 Å². The van der Waals surface area contributed by atoms with Crippen LogP contribution >= 0.6 is 0 Å². The Hall–Kier alpha value is -2.53. The summed E-state index contributed by atoms with van der Waals surface area (Å²) in [5.41, 5.74) is 4.91. The number of rotatable bonds is 10. The van der Waals surface area contributed by atoms with Crippen LogP contribution in [0.3, 0.4) is 0 Å². The minimum atomic E-state index is -0.100. The first-order chi connectivity index (χ1) is 14.9. The number of hydrogen-bond acceptors (Lipinski definition) is 3. The second-order valence-corrected chi connectivity index (χ2v) is 8.86. The average molecular weight is 426 g/mol. The molecule has 3 rings (SSSR count). The topological polar surface area (TPSA) is 47.6 Å². The Morgan fingerprint density at radius 2 is 1.77 bits per heavy atom. The molecule has 1 aliphatic rings. The Morgan fingerprint density at radius 1 is 1.00 bits per heavy atom. The monoisotopic (exact) mass is 425 g/mol. The predicted octanol–water partition coefficient (Wildman–Crippen LogP) is 4.89. The van der Waals surface area contributed by atoms with Crippen LogP contribution in [0.15, 0.2) is 36.4 Å². The molecule has 0 saturated carbocycles. The lowest BCUT2D eigenvalue weighted by Crippen LogP contribution is -2.48. The van der Waals surface area contributed by atoms with Crippen LogP contribution in [-0.4, -0.2) is 50.3 Å². The largest absolute Gasteiger partial charge is 0.493 e. The zero-order valence-electron chi connectivity index (χ0n) is 19.5. The fraction of sp³-hybridized carbons (Fsp3) is 0.500. The molecule has 0 radical (unpaired) electrons. The highest BCUT2D eigenvalue weighted by molar-refractivity contribution is 5.89. The SMILES string of the molecule is COc1cc(NC(C)=O)ccc1OCC[N+]1(CCCc2ccc(C)c(C)c2)CCCC1. The van der Waals surface area contributed by atoms with Crippen LogP contribution in [0, 0.1) is 13.8 Å². The predicted molar refractivity (Wildman–Crippen MR) is 126 cm³/mol. The summed E-state index contributed by atoms with van der Waals surface area (Å²) in [6.45, 7) is 11.2. The van der Waals surface area contributed by atoms with Gasteiger partial charge in [-0.15, -0.1) is 0 Å². The summed E-state index contributed by atoms with van der Waals surface area (Å²) in [6, 6.07) is 12.4. The van der Waals surface area contributed by atoms with Crippen molar-refractivity contribution in [2.45, 2.75) is 46.5 Å². The molecule has 2 aromatic rings. The third-order valence-electron chi connectivity index (χ3n) is 6.49. The molecule has 2 aromatic carbocycles. The molecule has 0 unspecified atom stereocenters. The molecule has 1 fully saturated rings. The van der Waals surface area contributed by atoms with Gasteiger partial charge in [-0.2, -0.15) is 0 Å². The molecule has 0 spiro atoms. The van der Waals surface area contributed by atoms with Crippen molar-refractivity contribution in [2.75, 3.05) is 45.2 Å². The van der Waals surface area contributed by atoms with Gasteiger partial charge in [-0.1, -0.05) is 18.2 Å². The third-order valence-corrected chi connectivity index (χ3v) is 6.49. The van der Waals surface area contributed by atoms with E-state index in [9.17, 15) is 4.79 Å². The summed E-state index contributed by atoms with van der Waals surface area (Å²) in [4.78, 5) is 11.3. The van der Waals surface area contributed by atoms with E-state index in [1.807, 2.05) is 12.1 Å². The number of likely N-dealkylation sites (tertiary alicyclic amines) is 1. The first-order valence-corrected chi connectivity index (χ1v) is 11.4. The molecule has 1 aliphatic heterocycles. The number of carbonyl (C=O) groups is 1. The van der Waals surface area contributed by atoms with E-state index in [1.165, 1.54) is 62.5 Å². The minimum absolute atomic E-state index is 0.100. The molecule has 1 amide bonds. The molecular weight excluding hydrogens is 388 g/mol. The molecule has 0 atom stereocenters. The number of quaternary nitrogens is 1. The van der Waals surface area contributed by atoms with E-state index in [4.69, 9.17) is 9.47 Å². The maximum atomic E-state index is 11.3. The van der Waals surface area contributed by atoms with Gasteiger partial charge in [0.25, 0.3) is 0 Å². The van der Waals surface area contributed by atoms with E-state index in [1.54, 1.807) is 13.2 Å². The van der Waals surface area contributed by atoms with Gasteiger partial charge in [0.2, 0.25) is 5.91 Å². The van der Waals surface area contributed by atoms with Gasteiger partial charge in [0.15, 0.2) is 11.5 Å². The van der Waals surface area contributed by atoms with Crippen LogP contribution < -0.4 is 14.8 Å². The second-order valence-electron chi connectivity index (χ2n) is 8.86. The Labute approximate surface area is 187 Å². The molecule has 5 heteroatoms. The zero-order chi connectivity index (χ0) is 22.3. The number of benzene rings is 2. The van der Waals surface area contributed by atoms with Gasteiger partial charge in [-0.3, -0.25) is 4.79 Å². The molecule has 0 bridgehead atoms. The van der Waals surface area contributed by atoms with Gasteiger partial charge >= 0.3 is 0 Å². The van der Waals surface area contributed by atoms with Crippen molar-refractivity contribution in [3.63, 3.8) is 0 Å². The van der Waals surface area contributed by atoms with Gasteiger partial charge < -0.3 is 19.3 Å². The van der Waals surface area contributed by atoms with Crippen LogP contribution in [-0.2, 0) is 11.2 Å². The van der Waals surface area contributed by atoms with Crippen LogP contribution in [0.1, 0.15) is 42.9 Å². The summed E-state index contributed by atoms with van der Waals surface area (Å²) in [5.74, 6) is 1.27. The molecule has 1 N–H and O–H groups in total. The van der Waals surface area contributed by atoms with Crippen molar-refractivity contribution in [2.24, 2.45) is 0 Å². The molecule has 1 heterocycles. The van der Waals surface area contributed by atoms with E-state index in [0.29, 0.717) is 18.0 Å². The molecule has 0 aliphatic carbocycles. The van der Waals surface area contributed by atoms with Crippen molar-refractivity contribution in [3.8, 4) is 11.5 Å². The molecule has 0 aromatic heterocycles. The highest BCUT2D eigenvalue weighted by Crippen LogP contribution is 2.30. The maximum absolute atomic E-state index is 11.3. The molecule has 31 heavy (non-hydrogen) atoms. The Kier molecular flexibility index (Phi) is 7.97. The van der Waals surface area contributed by atoms with Crippen molar-refractivity contribution in [1.29, 1.82) is 0 Å². The molecule has 168 valence electrons. The van der Waals surface area contributed by atoms with Crippen LogP contribution in [0.2, 0.25) is 0 Å². The van der Waals surface area contributed by atoms with Crippen molar-refractivity contribution in [1.82, 2.24) is 0 Å². The number of carbonyl (C=O) groups excluding carboxylic acids is 1. The Bertz CT molecular complexity index is 888. The van der Waals surface area contributed by atoms with Crippen LogP contribution in [0.25, 0.3) is 0 Å². The smallest absolute Gasteiger partial charge is 0.221 e. The number of hydrogen-bond donors (Lipinski definition) is 1. The third kappa shape index (κ3) is 6.47. The summed E-state index contributed by atoms with van der Waals surface area (Å²) in [7, 11) is 1.63. The fourth-order valence-corrected chi connectivity index (χ4v) is 4.56. The zero-order valence-corrected chi connectivity index (χ0v) is 19.5. The Balaban J connectivity index is 1.54. The second kappa shape index (κ2) is 10.7. The van der Waals surface area contributed by atoms with Gasteiger partial charge in [0, 0.05) is 37.9 Å². The first-order valence-electron chi connectivity index (χ1n) is 11.4. The lowest BCUT2D eigenvalue weighted by atomic mass is 10.0. The average Bonchev–Trinajstić information content (AvgIpc) is 3.20. The summed E-state index contributed by atoms with van der Waals surface area (Å²) < 4.78 is 12.7. The number of amides is 1. The number of nitrogens with zero attached hydrogens (tertiary/aromatic N) is 1. The van der Waals surface area contributed by atoms with Gasteiger partial charge in [-0.05, 0) is 49.1 Å². The first kappa shape index (κ1) is 23.1. The van der Waals surface area contributed by atoms with E-state index in [0.717, 1.165) is 23.2 Å².